The molecule has 6 heteroatoms. The van der Waals surface area contributed by atoms with Crippen LogP contribution in [0.4, 0.5) is 0 Å². The van der Waals surface area contributed by atoms with Gasteiger partial charge in [-0.2, -0.15) is 0 Å². The molecule has 0 aromatic rings. The molecular formula is C19H33N3O3. The minimum atomic E-state index is -0.320. The Bertz CT molecular complexity index is 504. The fraction of sp³-hybridized carbons (Fsp3) is 0.895. The number of amides is 2. The van der Waals surface area contributed by atoms with Crippen molar-refractivity contribution >= 4 is 11.8 Å². The van der Waals surface area contributed by atoms with Crippen LogP contribution >= 0.6 is 0 Å². The van der Waals surface area contributed by atoms with Crippen LogP contribution in [0.5, 0.6) is 0 Å². The van der Waals surface area contributed by atoms with Gasteiger partial charge in [-0.15, -0.1) is 0 Å². The number of likely N-dealkylation sites (tertiary alicyclic amines) is 2. The third-order valence-electron chi connectivity index (χ3n) is 6.36. The topological polar surface area (TPSA) is 53.1 Å². The number of fused-ring (bicyclic) bond motifs is 1. The van der Waals surface area contributed by atoms with Crippen molar-refractivity contribution in [2.45, 2.75) is 46.1 Å². The van der Waals surface area contributed by atoms with Crippen LogP contribution in [0.3, 0.4) is 0 Å². The number of hydrogen-bond donors (Lipinski definition) is 0. The van der Waals surface area contributed by atoms with Crippen molar-refractivity contribution in [1.82, 2.24) is 14.7 Å². The van der Waals surface area contributed by atoms with Gasteiger partial charge in [-0.25, -0.2) is 0 Å². The van der Waals surface area contributed by atoms with Gasteiger partial charge in [-0.05, 0) is 32.4 Å². The van der Waals surface area contributed by atoms with E-state index >= 15 is 0 Å². The fourth-order valence-corrected chi connectivity index (χ4v) is 4.89. The largest absolute Gasteiger partial charge is 0.378 e. The van der Waals surface area contributed by atoms with Gasteiger partial charge in [0.1, 0.15) is 0 Å². The third-order valence-corrected chi connectivity index (χ3v) is 6.36. The number of carbonyl (C=O) groups excluding carboxylic acids is 2. The molecule has 0 spiro atoms. The summed E-state index contributed by atoms with van der Waals surface area (Å²) in [5, 5.41) is 0. The van der Waals surface area contributed by atoms with Gasteiger partial charge >= 0.3 is 0 Å². The van der Waals surface area contributed by atoms with Crippen molar-refractivity contribution in [3.8, 4) is 0 Å². The Morgan fingerprint density at radius 1 is 1.04 bits per heavy atom. The number of carbonyl (C=O) groups is 2. The highest BCUT2D eigenvalue weighted by Gasteiger charge is 2.54. The molecule has 0 N–H and O–H groups in total. The Balaban J connectivity index is 1.83. The first-order valence-electron chi connectivity index (χ1n) is 9.89. The van der Waals surface area contributed by atoms with Crippen LogP contribution in [0, 0.1) is 11.3 Å². The first-order chi connectivity index (χ1) is 12.0. The van der Waals surface area contributed by atoms with E-state index in [2.05, 4.69) is 11.8 Å². The van der Waals surface area contributed by atoms with E-state index in [9.17, 15) is 9.59 Å². The van der Waals surface area contributed by atoms with E-state index in [1.54, 1.807) is 0 Å². The zero-order valence-electron chi connectivity index (χ0n) is 16.0. The van der Waals surface area contributed by atoms with Crippen molar-refractivity contribution in [1.29, 1.82) is 0 Å². The van der Waals surface area contributed by atoms with Crippen molar-refractivity contribution < 1.29 is 14.3 Å². The quantitative estimate of drug-likeness (QED) is 0.767. The van der Waals surface area contributed by atoms with E-state index in [0.717, 1.165) is 38.9 Å². The molecular weight excluding hydrogens is 318 g/mol. The van der Waals surface area contributed by atoms with Gasteiger partial charge in [0.05, 0.1) is 18.6 Å². The monoisotopic (exact) mass is 351 g/mol. The lowest BCUT2D eigenvalue weighted by molar-refractivity contribution is -0.148. The summed E-state index contributed by atoms with van der Waals surface area (Å²) < 4.78 is 5.43. The summed E-state index contributed by atoms with van der Waals surface area (Å²) in [6.45, 7) is 12.2. The van der Waals surface area contributed by atoms with Crippen LogP contribution < -0.4 is 0 Å². The van der Waals surface area contributed by atoms with E-state index in [-0.39, 0.29) is 23.3 Å². The maximum absolute atomic E-state index is 13.5. The normalized spacial score (nSPS) is 31.1. The minimum Gasteiger partial charge on any atom is -0.378 e. The summed E-state index contributed by atoms with van der Waals surface area (Å²) in [6, 6.07) is 0.262. The molecule has 3 fully saturated rings. The zero-order chi connectivity index (χ0) is 18.0. The predicted molar refractivity (Wildman–Crippen MR) is 96.1 cm³/mol. The Labute approximate surface area is 151 Å². The van der Waals surface area contributed by atoms with Crippen LogP contribution in [-0.4, -0.2) is 85.0 Å². The van der Waals surface area contributed by atoms with Crippen molar-refractivity contribution in [3.05, 3.63) is 0 Å². The first kappa shape index (κ1) is 18.6. The molecule has 0 bridgehead atoms. The molecule has 0 radical (unpaired) electrons. The van der Waals surface area contributed by atoms with Gasteiger partial charge < -0.3 is 14.5 Å². The SMILES string of the molecule is CCN1CC[C@]2(C(=O)N3CCOCC3)CCN(C(=O)C(C)C)CC[C@H]12. The Kier molecular flexibility index (Phi) is 5.68. The molecule has 3 aliphatic heterocycles. The first-order valence-corrected chi connectivity index (χ1v) is 9.89. The van der Waals surface area contributed by atoms with Crippen molar-refractivity contribution in [3.63, 3.8) is 0 Å². The summed E-state index contributed by atoms with van der Waals surface area (Å²) in [7, 11) is 0. The summed E-state index contributed by atoms with van der Waals surface area (Å²) in [6.07, 6.45) is 2.62. The Hall–Kier alpha value is -1.14. The van der Waals surface area contributed by atoms with Crippen LogP contribution in [0.25, 0.3) is 0 Å². The molecule has 0 saturated carbocycles. The fourth-order valence-electron chi connectivity index (χ4n) is 4.89. The molecule has 3 heterocycles. The molecule has 0 unspecified atom stereocenters. The van der Waals surface area contributed by atoms with Crippen LogP contribution in [-0.2, 0) is 14.3 Å². The Morgan fingerprint density at radius 3 is 2.36 bits per heavy atom. The lowest BCUT2D eigenvalue weighted by Crippen LogP contribution is -2.53. The molecule has 2 atom stereocenters. The van der Waals surface area contributed by atoms with E-state index < -0.39 is 0 Å². The molecule has 0 aromatic heterocycles. The summed E-state index contributed by atoms with van der Waals surface area (Å²) in [5.74, 6) is 0.540. The van der Waals surface area contributed by atoms with Gasteiger partial charge in [0.2, 0.25) is 11.8 Å². The van der Waals surface area contributed by atoms with E-state index in [1.165, 1.54) is 0 Å². The average Bonchev–Trinajstić information content (AvgIpc) is 2.88. The minimum absolute atomic E-state index is 0.0195. The van der Waals surface area contributed by atoms with Gasteiger partial charge in [0.25, 0.3) is 0 Å². The zero-order valence-corrected chi connectivity index (χ0v) is 16.0. The number of hydrogen-bond acceptors (Lipinski definition) is 4. The number of morpholine rings is 1. The second-order valence-corrected chi connectivity index (χ2v) is 7.97. The average molecular weight is 351 g/mol. The number of rotatable bonds is 3. The maximum Gasteiger partial charge on any atom is 0.230 e. The smallest absolute Gasteiger partial charge is 0.230 e. The second-order valence-electron chi connectivity index (χ2n) is 7.97. The molecule has 25 heavy (non-hydrogen) atoms. The van der Waals surface area contributed by atoms with Gasteiger partial charge in [-0.3, -0.25) is 14.5 Å². The van der Waals surface area contributed by atoms with Crippen LogP contribution in [0.2, 0.25) is 0 Å². The van der Waals surface area contributed by atoms with E-state index in [1.807, 2.05) is 23.6 Å². The number of ether oxygens (including phenoxy) is 1. The Morgan fingerprint density at radius 2 is 1.72 bits per heavy atom. The van der Waals surface area contributed by atoms with Gasteiger partial charge in [-0.1, -0.05) is 20.8 Å². The lowest BCUT2D eigenvalue weighted by atomic mass is 9.75. The number of nitrogens with zero attached hydrogens (tertiary/aromatic N) is 3. The molecule has 0 aromatic carbocycles. The summed E-state index contributed by atoms with van der Waals surface area (Å²) >= 11 is 0. The van der Waals surface area contributed by atoms with Crippen molar-refractivity contribution in [2.75, 3.05) is 52.5 Å². The van der Waals surface area contributed by atoms with E-state index in [0.29, 0.717) is 38.8 Å². The molecule has 3 rings (SSSR count). The molecule has 3 saturated heterocycles. The predicted octanol–water partition coefficient (Wildman–Crippen LogP) is 1.20. The lowest BCUT2D eigenvalue weighted by Gasteiger charge is -2.40. The molecule has 142 valence electrons. The highest BCUT2D eigenvalue weighted by molar-refractivity contribution is 5.84. The molecule has 0 aliphatic carbocycles. The van der Waals surface area contributed by atoms with Crippen LogP contribution in [0.1, 0.15) is 40.0 Å². The molecule has 3 aliphatic rings. The standard InChI is InChI=1S/C19H33N3O3/c1-4-20-9-6-19(18(24)22-11-13-25-14-12-22)7-10-21(8-5-16(19)20)17(23)15(2)3/h15-16H,4-14H2,1-3H3/t16-,19-/m0/s1. The third kappa shape index (κ3) is 3.43. The van der Waals surface area contributed by atoms with E-state index in [4.69, 9.17) is 4.74 Å². The van der Waals surface area contributed by atoms with Crippen LogP contribution in [0.15, 0.2) is 0 Å². The highest BCUT2D eigenvalue weighted by atomic mass is 16.5. The van der Waals surface area contributed by atoms with Gasteiger partial charge in [0, 0.05) is 38.1 Å². The van der Waals surface area contributed by atoms with Crippen molar-refractivity contribution in [2.24, 2.45) is 11.3 Å². The molecule has 6 nitrogen and oxygen atoms in total. The summed E-state index contributed by atoms with van der Waals surface area (Å²) in [5.41, 5.74) is -0.320. The second kappa shape index (κ2) is 7.62. The maximum atomic E-state index is 13.5. The highest BCUT2D eigenvalue weighted by Crippen LogP contribution is 2.45. The summed E-state index contributed by atoms with van der Waals surface area (Å²) in [4.78, 5) is 32.5. The molecule has 2 amide bonds. The van der Waals surface area contributed by atoms with Gasteiger partial charge in [0.15, 0.2) is 0 Å².